The van der Waals surface area contributed by atoms with Crippen molar-refractivity contribution in [3.05, 3.63) is 59.9 Å². The van der Waals surface area contributed by atoms with Crippen molar-refractivity contribution in [2.75, 3.05) is 38.6 Å². The lowest BCUT2D eigenvalue weighted by atomic mass is 9.85. The molecule has 26 heavy (non-hydrogen) atoms. The van der Waals surface area contributed by atoms with Gasteiger partial charge in [0.1, 0.15) is 0 Å². The first kappa shape index (κ1) is 17.5. The van der Waals surface area contributed by atoms with Crippen molar-refractivity contribution in [1.82, 2.24) is 13.6 Å². The lowest BCUT2D eigenvalue weighted by molar-refractivity contribution is 0.394. The first-order valence-corrected chi connectivity index (χ1v) is 10.2. The summed E-state index contributed by atoms with van der Waals surface area (Å²) in [5.74, 6) is 0. The molecule has 1 aromatic heterocycles. The fraction of sp³-hybridized carbons (Fsp3) is 0.421. The van der Waals surface area contributed by atoms with Crippen LogP contribution in [0.4, 0.5) is 5.69 Å². The fourth-order valence-electron chi connectivity index (χ4n) is 4.12. The molecule has 2 aromatic rings. The summed E-state index contributed by atoms with van der Waals surface area (Å²) in [4.78, 5) is 7.01. The van der Waals surface area contributed by atoms with Gasteiger partial charge in [-0.05, 0) is 24.1 Å². The number of nitrogens with zero attached hydrogens (tertiary/aromatic N) is 4. The molecule has 2 aliphatic heterocycles. The minimum Gasteiger partial charge on any atom is -0.365 e. The summed E-state index contributed by atoms with van der Waals surface area (Å²) in [6, 6.07) is 14.4. The summed E-state index contributed by atoms with van der Waals surface area (Å²) in [5.41, 5.74) is 3.18. The second-order valence-electron chi connectivity index (χ2n) is 7.37. The van der Waals surface area contributed by atoms with Crippen molar-refractivity contribution < 1.29 is 8.42 Å². The van der Waals surface area contributed by atoms with Gasteiger partial charge in [0.25, 0.3) is 10.2 Å². The van der Waals surface area contributed by atoms with Crippen LogP contribution in [0.5, 0.6) is 0 Å². The highest BCUT2D eigenvalue weighted by molar-refractivity contribution is 7.86. The molecule has 0 N–H and O–H groups in total. The molecule has 0 bridgehead atoms. The van der Waals surface area contributed by atoms with Crippen molar-refractivity contribution in [2.45, 2.75) is 18.4 Å². The van der Waals surface area contributed by atoms with Crippen LogP contribution in [0.1, 0.15) is 17.7 Å². The Morgan fingerprint density at radius 1 is 1.12 bits per heavy atom. The number of rotatable bonds is 4. The van der Waals surface area contributed by atoms with Gasteiger partial charge in [0.2, 0.25) is 0 Å². The molecule has 1 saturated heterocycles. The summed E-state index contributed by atoms with van der Waals surface area (Å²) in [5, 5.41) is 0. The quantitative estimate of drug-likeness (QED) is 0.822. The third-order valence-electron chi connectivity index (χ3n) is 5.45. The molecular formula is C19H24N4O2S. The largest absolute Gasteiger partial charge is 0.365 e. The molecule has 7 heteroatoms. The lowest BCUT2D eigenvalue weighted by Gasteiger charge is -2.26. The van der Waals surface area contributed by atoms with Gasteiger partial charge in [-0.15, -0.1) is 0 Å². The number of fused-ring (bicyclic) bond motifs is 2. The number of hydrogen-bond acceptors (Lipinski definition) is 4. The van der Waals surface area contributed by atoms with E-state index in [1.54, 1.807) is 18.4 Å². The summed E-state index contributed by atoms with van der Waals surface area (Å²) in [7, 11) is -0.226. The maximum absolute atomic E-state index is 12.6. The van der Waals surface area contributed by atoms with Crippen LogP contribution in [0.2, 0.25) is 0 Å². The van der Waals surface area contributed by atoms with E-state index in [-0.39, 0.29) is 5.41 Å². The van der Waals surface area contributed by atoms with E-state index < -0.39 is 10.2 Å². The molecule has 6 nitrogen and oxygen atoms in total. The minimum absolute atomic E-state index is 0.228. The standard InChI is InChI=1S/C19H24N4O2S/c1-21(2)26(24,25)23-12-10-19(15-23)14-22(13-16-7-4-3-5-8-16)17-9-6-11-20-18(17)19/h3-9,11H,10,12-15H2,1-2H3/t19-/m1/s1. The topological polar surface area (TPSA) is 56.8 Å². The molecular weight excluding hydrogens is 348 g/mol. The maximum Gasteiger partial charge on any atom is 0.281 e. The van der Waals surface area contributed by atoms with Crippen LogP contribution in [0.25, 0.3) is 0 Å². The van der Waals surface area contributed by atoms with Gasteiger partial charge < -0.3 is 4.90 Å². The Morgan fingerprint density at radius 3 is 2.62 bits per heavy atom. The van der Waals surface area contributed by atoms with E-state index in [1.165, 1.54) is 9.87 Å². The molecule has 138 valence electrons. The van der Waals surface area contributed by atoms with Crippen LogP contribution in [0.3, 0.4) is 0 Å². The summed E-state index contributed by atoms with van der Waals surface area (Å²) >= 11 is 0. The summed E-state index contributed by atoms with van der Waals surface area (Å²) in [6.45, 7) is 2.63. The Balaban J connectivity index is 1.65. The number of aromatic nitrogens is 1. The smallest absolute Gasteiger partial charge is 0.281 e. The molecule has 2 aliphatic rings. The van der Waals surface area contributed by atoms with Crippen LogP contribution >= 0.6 is 0 Å². The average Bonchev–Trinajstić information content (AvgIpc) is 3.20. The van der Waals surface area contributed by atoms with Gasteiger partial charge >= 0.3 is 0 Å². The van der Waals surface area contributed by atoms with E-state index in [4.69, 9.17) is 0 Å². The van der Waals surface area contributed by atoms with Crippen LogP contribution in [0.15, 0.2) is 48.7 Å². The van der Waals surface area contributed by atoms with Gasteiger partial charge in [0.15, 0.2) is 0 Å². The zero-order chi connectivity index (χ0) is 18.4. The number of pyridine rings is 1. The predicted octanol–water partition coefficient (Wildman–Crippen LogP) is 1.85. The highest BCUT2D eigenvalue weighted by Crippen LogP contribution is 2.46. The summed E-state index contributed by atoms with van der Waals surface area (Å²) in [6.07, 6.45) is 2.62. The second-order valence-corrected chi connectivity index (χ2v) is 9.51. The van der Waals surface area contributed by atoms with Gasteiger partial charge in [-0.1, -0.05) is 30.3 Å². The van der Waals surface area contributed by atoms with Crippen molar-refractivity contribution in [3.8, 4) is 0 Å². The zero-order valence-corrected chi connectivity index (χ0v) is 16.0. The van der Waals surface area contributed by atoms with Crippen LogP contribution < -0.4 is 4.90 Å². The maximum atomic E-state index is 12.6. The van der Waals surface area contributed by atoms with E-state index in [1.807, 2.05) is 30.5 Å². The Bertz CT molecular complexity index is 901. The van der Waals surface area contributed by atoms with Gasteiger partial charge in [0.05, 0.1) is 11.4 Å². The van der Waals surface area contributed by atoms with E-state index >= 15 is 0 Å². The van der Waals surface area contributed by atoms with Crippen LogP contribution in [-0.4, -0.2) is 55.7 Å². The minimum atomic E-state index is -3.40. The first-order chi connectivity index (χ1) is 12.4. The molecule has 4 rings (SSSR count). The van der Waals surface area contributed by atoms with Gasteiger partial charge in [-0.25, -0.2) is 0 Å². The van der Waals surface area contributed by atoms with Gasteiger partial charge in [-0.3, -0.25) is 4.98 Å². The molecule has 0 amide bonds. The molecule has 1 spiro atoms. The molecule has 0 radical (unpaired) electrons. The third-order valence-corrected chi connectivity index (χ3v) is 7.33. The lowest BCUT2D eigenvalue weighted by Crippen LogP contribution is -2.42. The second kappa shape index (κ2) is 6.33. The van der Waals surface area contributed by atoms with E-state index in [9.17, 15) is 8.42 Å². The molecule has 0 unspecified atom stereocenters. The molecule has 3 heterocycles. The highest BCUT2D eigenvalue weighted by Gasteiger charge is 2.51. The Morgan fingerprint density at radius 2 is 1.88 bits per heavy atom. The SMILES string of the molecule is CN(C)S(=O)(=O)N1CC[C@@]2(CN(Cc3ccccc3)c3cccnc32)C1. The zero-order valence-electron chi connectivity index (χ0n) is 15.2. The Kier molecular flexibility index (Phi) is 4.25. The fourth-order valence-corrected chi connectivity index (χ4v) is 5.31. The van der Waals surface area contributed by atoms with Crippen molar-refractivity contribution in [2.24, 2.45) is 0 Å². The van der Waals surface area contributed by atoms with Crippen molar-refractivity contribution >= 4 is 15.9 Å². The van der Waals surface area contributed by atoms with Crippen molar-refractivity contribution in [3.63, 3.8) is 0 Å². The van der Waals surface area contributed by atoms with E-state index in [0.717, 1.165) is 30.9 Å². The van der Waals surface area contributed by atoms with Crippen molar-refractivity contribution in [1.29, 1.82) is 0 Å². The van der Waals surface area contributed by atoms with Gasteiger partial charge in [0, 0.05) is 51.9 Å². The van der Waals surface area contributed by atoms with E-state index in [0.29, 0.717) is 13.1 Å². The number of anilines is 1. The third kappa shape index (κ3) is 2.80. The summed E-state index contributed by atoms with van der Waals surface area (Å²) < 4.78 is 28.0. The van der Waals surface area contributed by atoms with Gasteiger partial charge in [-0.2, -0.15) is 17.0 Å². The monoisotopic (exact) mass is 372 g/mol. The Hall–Kier alpha value is -1.96. The first-order valence-electron chi connectivity index (χ1n) is 8.84. The Labute approximate surface area is 155 Å². The average molecular weight is 372 g/mol. The molecule has 0 saturated carbocycles. The predicted molar refractivity (Wildman–Crippen MR) is 102 cm³/mol. The van der Waals surface area contributed by atoms with Crippen LogP contribution in [0, 0.1) is 0 Å². The normalized spacial score (nSPS) is 23.1. The molecule has 1 fully saturated rings. The highest BCUT2D eigenvalue weighted by atomic mass is 32.2. The van der Waals surface area contributed by atoms with Crippen LogP contribution in [-0.2, 0) is 22.2 Å². The number of hydrogen-bond donors (Lipinski definition) is 0. The number of benzene rings is 1. The molecule has 1 aromatic carbocycles. The molecule has 0 aliphatic carbocycles. The van der Waals surface area contributed by atoms with E-state index in [2.05, 4.69) is 28.1 Å². The molecule has 1 atom stereocenters.